The SMILES string of the molecule is CCC(C(=O)NCc1cc(OC)cc(OC)c1)c1ccccc1. The van der Waals surface area contributed by atoms with E-state index >= 15 is 0 Å². The molecule has 2 aromatic carbocycles. The molecule has 0 spiro atoms. The number of hydrogen-bond donors (Lipinski definition) is 1. The summed E-state index contributed by atoms with van der Waals surface area (Å²) in [6.07, 6.45) is 0.761. The van der Waals surface area contributed by atoms with E-state index in [1.807, 2.05) is 55.5 Å². The largest absolute Gasteiger partial charge is 0.497 e. The van der Waals surface area contributed by atoms with Crippen molar-refractivity contribution in [3.05, 3.63) is 59.7 Å². The topological polar surface area (TPSA) is 47.6 Å². The van der Waals surface area contributed by atoms with Gasteiger partial charge in [-0.1, -0.05) is 37.3 Å². The van der Waals surface area contributed by atoms with Gasteiger partial charge in [0.15, 0.2) is 0 Å². The Balaban J connectivity index is 2.06. The first-order valence-electron chi connectivity index (χ1n) is 7.72. The first-order valence-corrected chi connectivity index (χ1v) is 7.72. The molecule has 2 rings (SSSR count). The molecule has 0 bridgehead atoms. The summed E-state index contributed by atoms with van der Waals surface area (Å²) in [6.45, 7) is 2.46. The van der Waals surface area contributed by atoms with Crippen LogP contribution in [0.5, 0.6) is 11.5 Å². The molecule has 23 heavy (non-hydrogen) atoms. The molecule has 1 N–H and O–H groups in total. The van der Waals surface area contributed by atoms with Gasteiger partial charge in [0.1, 0.15) is 11.5 Å². The maximum absolute atomic E-state index is 12.5. The molecule has 4 nitrogen and oxygen atoms in total. The van der Waals surface area contributed by atoms with Crippen molar-refractivity contribution in [3.63, 3.8) is 0 Å². The zero-order chi connectivity index (χ0) is 16.7. The van der Waals surface area contributed by atoms with Crippen molar-refractivity contribution < 1.29 is 14.3 Å². The Labute approximate surface area is 137 Å². The summed E-state index contributed by atoms with van der Waals surface area (Å²) in [5.41, 5.74) is 1.98. The molecule has 0 aliphatic carbocycles. The number of hydrogen-bond acceptors (Lipinski definition) is 3. The maximum Gasteiger partial charge on any atom is 0.227 e. The van der Waals surface area contributed by atoms with E-state index in [2.05, 4.69) is 5.32 Å². The standard InChI is InChI=1S/C19H23NO3/c1-4-18(15-8-6-5-7-9-15)19(21)20-13-14-10-16(22-2)12-17(11-14)23-3/h5-12,18H,4,13H2,1-3H3,(H,20,21). The Kier molecular flexibility index (Phi) is 6.03. The third kappa shape index (κ3) is 4.49. The van der Waals surface area contributed by atoms with Crippen molar-refractivity contribution in [1.82, 2.24) is 5.32 Å². The second-order valence-electron chi connectivity index (χ2n) is 5.31. The summed E-state index contributed by atoms with van der Waals surface area (Å²) in [4.78, 5) is 12.5. The predicted molar refractivity (Wildman–Crippen MR) is 90.9 cm³/mol. The first-order chi connectivity index (χ1) is 11.2. The number of rotatable bonds is 7. The van der Waals surface area contributed by atoms with Crippen molar-refractivity contribution in [2.75, 3.05) is 14.2 Å². The molecule has 1 atom stereocenters. The molecule has 0 aliphatic rings. The molecule has 0 fully saturated rings. The van der Waals surface area contributed by atoms with Crippen LogP contribution in [-0.2, 0) is 11.3 Å². The van der Waals surface area contributed by atoms with Crippen LogP contribution in [0.25, 0.3) is 0 Å². The zero-order valence-corrected chi connectivity index (χ0v) is 13.8. The van der Waals surface area contributed by atoms with Gasteiger partial charge in [-0.25, -0.2) is 0 Å². The van der Waals surface area contributed by atoms with Crippen molar-refractivity contribution in [1.29, 1.82) is 0 Å². The Morgan fingerprint density at radius 1 is 1.04 bits per heavy atom. The fraction of sp³-hybridized carbons (Fsp3) is 0.316. The van der Waals surface area contributed by atoms with Gasteiger partial charge in [-0.05, 0) is 29.7 Å². The van der Waals surface area contributed by atoms with E-state index in [1.54, 1.807) is 14.2 Å². The fourth-order valence-electron chi connectivity index (χ4n) is 2.54. The quantitative estimate of drug-likeness (QED) is 0.851. The highest BCUT2D eigenvalue weighted by atomic mass is 16.5. The molecule has 0 heterocycles. The van der Waals surface area contributed by atoms with Crippen LogP contribution in [0.2, 0.25) is 0 Å². The van der Waals surface area contributed by atoms with E-state index in [1.165, 1.54) is 0 Å². The first kappa shape index (κ1) is 16.9. The fourth-order valence-corrected chi connectivity index (χ4v) is 2.54. The van der Waals surface area contributed by atoms with Crippen molar-refractivity contribution in [2.24, 2.45) is 0 Å². The molecule has 1 unspecified atom stereocenters. The second-order valence-corrected chi connectivity index (χ2v) is 5.31. The van der Waals surface area contributed by atoms with Gasteiger partial charge < -0.3 is 14.8 Å². The van der Waals surface area contributed by atoms with E-state index in [0.29, 0.717) is 18.0 Å². The highest BCUT2D eigenvalue weighted by Crippen LogP contribution is 2.23. The lowest BCUT2D eigenvalue weighted by molar-refractivity contribution is -0.122. The molecular formula is C19H23NO3. The van der Waals surface area contributed by atoms with Crippen LogP contribution in [0.1, 0.15) is 30.4 Å². The lowest BCUT2D eigenvalue weighted by atomic mass is 9.95. The lowest BCUT2D eigenvalue weighted by Crippen LogP contribution is -2.28. The molecule has 2 aromatic rings. The highest BCUT2D eigenvalue weighted by molar-refractivity contribution is 5.83. The Morgan fingerprint density at radius 3 is 2.17 bits per heavy atom. The normalized spacial score (nSPS) is 11.6. The van der Waals surface area contributed by atoms with Gasteiger partial charge in [-0.15, -0.1) is 0 Å². The summed E-state index contributed by atoms with van der Waals surface area (Å²) >= 11 is 0. The van der Waals surface area contributed by atoms with Gasteiger partial charge in [0, 0.05) is 12.6 Å². The summed E-state index contributed by atoms with van der Waals surface area (Å²) in [5.74, 6) is 1.32. The van der Waals surface area contributed by atoms with E-state index in [4.69, 9.17) is 9.47 Å². The second kappa shape index (κ2) is 8.22. The average molecular weight is 313 g/mol. The van der Waals surface area contributed by atoms with Crippen LogP contribution in [-0.4, -0.2) is 20.1 Å². The molecule has 1 amide bonds. The van der Waals surface area contributed by atoms with Gasteiger partial charge in [-0.3, -0.25) is 4.79 Å². The zero-order valence-electron chi connectivity index (χ0n) is 13.8. The number of methoxy groups -OCH3 is 2. The summed E-state index contributed by atoms with van der Waals surface area (Å²) in [5, 5.41) is 3.00. The molecule has 122 valence electrons. The maximum atomic E-state index is 12.5. The molecule has 0 aromatic heterocycles. The number of carbonyl (C=O) groups excluding carboxylic acids is 1. The Hall–Kier alpha value is -2.49. The Bertz CT molecular complexity index is 618. The van der Waals surface area contributed by atoms with Crippen LogP contribution < -0.4 is 14.8 Å². The predicted octanol–water partition coefficient (Wildman–Crippen LogP) is 3.51. The smallest absolute Gasteiger partial charge is 0.227 e. The van der Waals surface area contributed by atoms with Crippen LogP contribution in [0.4, 0.5) is 0 Å². The third-order valence-electron chi connectivity index (χ3n) is 3.80. The van der Waals surface area contributed by atoms with Gasteiger partial charge in [-0.2, -0.15) is 0 Å². The molecule has 0 radical (unpaired) electrons. The van der Waals surface area contributed by atoms with E-state index in [0.717, 1.165) is 17.5 Å². The van der Waals surface area contributed by atoms with Crippen LogP contribution in [0.15, 0.2) is 48.5 Å². The van der Waals surface area contributed by atoms with E-state index < -0.39 is 0 Å². The number of ether oxygens (including phenoxy) is 2. The van der Waals surface area contributed by atoms with Crippen molar-refractivity contribution in [3.8, 4) is 11.5 Å². The van der Waals surface area contributed by atoms with Crippen molar-refractivity contribution in [2.45, 2.75) is 25.8 Å². The number of nitrogens with one attached hydrogen (secondary N) is 1. The minimum Gasteiger partial charge on any atom is -0.497 e. The summed E-state index contributed by atoms with van der Waals surface area (Å²) in [6, 6.07) is 15.4. The van der Waals surface area contributed by atoms with E-state index in [-0.39, 0.29) is 11.8 Å². The third-order valence-corrected chi connectivity index (χ3v) is 3.80. The highest BCUT2D eigenvalue weighted by Gasteiger charge is 2.18. The molecule has 0 aliphatic heterocycles. The monoisotopic (exact) mass is 313 g/mol. The van der Waals surface area contributed by atoms with Gasteiger partial charge in [0.05, 0.1) is 20.1 Å². The molecule has 0 saturated carbocycles. The van der Waals surface area contributed by atoms with Gasteiger partial charge in [0.25, 0.3) is 0 Å². The minimum atomic E-state index is -0.135. The summed E-state index contributed by atoms with van der Waals surface area (Å²) < 4.78 is 10.5. The van der Waals surface area contributed by atoms with Crippen LogP contribution >= 0.6 is 0 Å². The van der Waals surface area contributed by atoms with Crippen molar-refractivity contribution >= 4 is 5.91 Å². The molecule has 0 saturated heterocycles. The number of benzene rings is 2. The molecular weight excluding hydrogens is 290 g/mol. The molecule has 4 heteroatoms. The number of amides is 1. The Morgan fingerprint density at radius 2 is 1.65 bits per heavy atom. The van der Waals surface area contributed by atoms with Crippen LogP contribution in [0, 0.1) is 0 Å². The number of carbonyl (C=O) groups is 1. The average Bonchev–Trinajstić information content (AvgIpc) is 2.61. The minimum absolute atomic E-state index is 0.0282. The van der Waals surface area contributed by atoms with Gasteiger partial charge >= 0.3 is 0 Å². The van der Waals surface area contributed by atoms with Crippen LogP contribution in [0.3, 0.4) is 0 Å². The van der Waals surface area contributed by atoms with E-state index in [9.17, 15) is 4.79 Å². The summed E-state index contributed by atoms with van der Waals surface area (Å²) in [7, 11) is 3.22. The van der Waals surface area contributed by atoms with Gasteiger partial charge in [0.2, 0.25) is 5.91 Å². The lowest BCUT2D eigenvalue weighted by Gasteiger charge is -2.16.